The van der Waals surface area contributed by atoms with E-state index < -0.39 is 49.2 Å². The minimum absolute atomic E-state index is 0.0426. The molecular formula is C16H26O8. The normalized spacial score (nSPS) is 32.8. The van der Waals surface area contributed by atoms with Gasteiger partial charge in [0.2, 0.25) is 6.29 Å². The van der Waals surface area contributed by atoms with Crippen molar-refractivity contribution in [2.24, 2.45) is 5.92 Å². The Morgan fingerprint density at radius 1 is 1.21 bits per heavy atom. The summed E-state index contributed by atoms with van der Waals surface area (Å²) in [6.07, 6.45) is -1.75. The number of aliphatic hydroxyl groups is 5. The van der Waals surface area contributed by atoms with E-state index in [0.717, 1.165) is 5.57 Å². The first-order valence-electron chi connectivity index (χ1n) is 7.76. The van der Waals surface area contributed by atoms with E-state index >= 15 is 0 Å². The number of carbonyl (C=O) groups is 1. The number of esters is 1. The molecule has 1 heterocycles. The molecule has 0 saturated carbocycles. The number of allylic oxidation sites excluding steroid dienone is 3. The molecule has 0 radical (unpaired) electrons. The fraction of sp³-hybridized carbons (Fsp3) is 0.688. The molecule has 1 saturated heterocycles. The molecule has 1 fully saturated rings. The summed E-state index contributed by atoms with van der Waals surface area (Å²) in [4.78, 5) is 12.0. The van der Waals surface area contributed by atoms with Crippen LogP contribution in [0.1, 0.15) is 20.3 Å². The van der Waals surface area contributed by atoms with Crippen LogP contribution in [-0.4, -0.2) is 75.4 Å². The average Bonchev–Trinajstić information content (AvgIpc) is 2.58. The highest BCUT2D eigenvalue weighted by molar-refractivity contribution is 5.72. The van der Waals surface area contributed by atoms with Crippen LogP contribution in [0.25, 0.3) is 0 Å². The highest BCUT2D eigenvalue weighted by atomic mass is 16.7. The molecule has 0 aromatic rings. The summed E-state index contributed by atoms with van der Waals surface area (Å²) >= 11 is 0. The Bertz CT molecular complexity index is 459. The van der Waals surface area contributed by atoms with Crippen LogP contribution < -0.4 is 0 Å². The van der Waals surface area contributed by atoms with Crippen molar-refractivity contribution in [2.45, 2.75) is 51.0 Å². The molecular weight excluding hydrogens is 320 g/mol. The smallest absolute Gasteiger partial charge is 0.311 e. The standard InChI is InChI=1S/C16H26O8/c1-9(7-17)5-3-4-6-10(2)15(22)24-16-14(21)13(20)12(19)11(8-18)23-16/h3-5,10-14,16-21H,6-8H2,1-2H3/b4-3+,9-5+/t10-,11+,12+,13-,14+,16-/m0/s1. The highest BCUT2D eigenvalue weighted by Gasteiger charge is 2.45. The van der Waals surface area contributed by atoms with Crippen LogP contribution in [0, 0.1) is 5.92 Å². The van der Waals surface area contributed by atoms with Gasteiger partial charge in [-0.15, -0.1) is 0 Å². The Balaban J connectivity index is 2.56. The molecule has 8 heteroatoms. The maximum Gasteiger partial charge on any atom is 0.311 e. The third-order valence-corrected chi connectivity index (χ3v) is 3.74. The molecule has 1 rings (SSSR count). The number of hydrogen-bond donors (Lipinski definition) is 5. The van der Waals surface area contributed by atoms with Crippen LogP contribution in [-0.2, 0) is 14.3 Å². The van der Waals surface area contributed by atoms with Gasteiger partial charge in [-0.05, 0) is 18.9 Å². The molecule has 0 amide bonds. The maximum absolute atomic E-state index is 12.0. The van der Waals surface area contributed by atoms with E-state index in [9.17, 15) is 20.1 Å². The van der Waals surface area contributed by atoms with Gasteiger partial charge >= 0.3 is 5.97 Å². The second-order valence-electron chi connectivity index (χ2n) is 5.87. The Morgan fingerprint density at radius 3 is 2.46 bits per heavy atom. The van der Waals surface area contributed by atoms with E-state index in [-0.39, 0.29) is 6.61 Å². The summed E-state index contributed by atoms with van der Waals surface area (Å²) in [7, 11) is 0. The van der Waals surface area contributed by atoms with Crippen molar-refractivity contribution < 1.29 is 39.8 Å². The van der Waals surface area contributed by atoms with Gasteiger partial charge in [0, 0.05) is 0 Å². The lowest BCUT2D eigenvalue weighted by Crippen LogP contribution is -2.59. The lowest BCUT2D eigenvalue weighted by atomic mass is 9.99. The Hall–Kier alpha value is -1.29. The lowest BCUT2D eigenvalue weighted by molar-refractivity contribution is -0.293. The summed E-state index contributed by atoms with van der Waals surface area (Å²) in [5.41, 5.74) is 0.780. The van der Waals surface area contributed by atoms with E-state index in [4.69, 9.17) is 19.7 Å². The number of carbonyl (C=O) groups excluding carboxylic acids is 1. The SMILES string of the molecule is C/C(=C\C=C\C[C@H](C)C(=O)O[C@@H]1O[C@H](CO)[C@@H](O)[C@H](O)[C@H]1O)CO. The molecule has 1 aliphatic rings. The molecule has 0 unspecified atom stereocenters. The number of aliphatic hydroxyl groups excluding tert-OH is 5. The average molecular weight is 346 g/mol. The predicted octanol–water partition coefficient (Wildman–Crippen LogP) is -1.15. The van der Waals surface area contributed by atoms with Gasteiger partial charge in [-0.25, -0.2) is 0 Å². The summed E-state index contributed by atoms with van der Waals surface area (Å²) < 4.78 is 10.1. The number of ether oxygens (including phenoxy) is 2. The Kier molecular flexibility index (Phi) is 8.54. The summed E-state index contributed by atoms with van der Waals surface area (Å²) in [6, 6.07) is 0. The van der Waals surface area contributed by atoms with Crippen LogP contribution in [0.2, 0.25) is 0 Å². The van der Waals surface area contributed by atoms with Gasteiger partial charge in [-0.3, -0.25) is 4.79 Å². The number of hydrogen-bond acceptors (Lipinski definition) is 8. The van der Waals surface area contributed by atoms with Crippen molar-refractivity contribution in [1.82, 2.24) is 0 Å². The van der Waals surface area contributed by atoms with Gasteiger partial charge in [-0.2, -0.15) is 0 Å². The quantitative estimate of drug-likeness (QED) is 0.288. The first kappa shape index (κ1) is 20.8. The zero-order chi connectivity index (χ0) is 18.3. The zero-order valence-electron chi connectivity index (χ0n) is 13.8. The molecule has 138 valence electrons. The predicted molar refractivity (Wildman–Crippen MR) is 83.6 cm³/mol. The molecule has 1 aliphatic heterocycles. The summed E-state index contributed by atoms with van der Waals surface area (Å²) in [6.45, 7) is 2.76. The molecule has 0 aromatic carbocycles. The van der Waals surface area contributed by atoms with Gasteiger partial charge in [0.25, 0.3) is 0 Å². The molecule has 0 aromatic heterocycles. The van der Waals surface area contributed by atoms with Crippen molar-refractivity contribution in [2.75, 3.05) is 13.2 Å². The third kappa shape index (κ3) is 5.66. The number of rotatable bonds is 7. The van der Waals surface area contributed by atoms with Gasteiger partial charge < -0.3 is 35.0 Å². The molecule has 0 aliphatic carbocycles. The van der Waals surface area contributed by atoms with E-state index in [2.05, 4.69) is 0 Å². The first-order valence-corrected chi connectivity index (χ1v) is 7.76. The maximum atomic E-state index is 12.0. The van der Waals surface area contributed by atoms with Crippen LogP contribution in [0.3, 0.4) is 0 Å². The van der Waals surface area contributed by atoms with Crippen molar-refractivity contribution in [1.29, 1.82) is 0 Å². The molecule has 5 N–H and O–H groups in total. The summed E-state index contributed by atoms with van der Waals surface area (Å²) in [5, 5.41) is 47.1. The molecule has 8 nitrogen and oxygen atoms in total. The van der Waals surface area contributed by atoms with Crippen molar-refractivity contribution >= 4 is 5.97 Å². The van der Waals surface area contributed by atoms with E-state index in [1.807, 2.05) is 0 Å². The van der Waals surface area contributed by atoms with Crippen molar-refractivity contribution in [3.8, 4) is 0 Å². The monoisotopic (exact) mass is 346 g/mol. The molecule has 6 atom stereocenters. The minimum Gasteiger partial charge on any atom is -0.433 e. The van der Waals surface area contributed by atoms with Crippen LogP contribution >= 0.6 is 0 Å². The van der Waals surface area contributed by atoms with Crippen LogP contribution in [0.4, 0.5) is 0 Å². The Morgan fingerprint density at radius 2 is 1.88 bits per heavy atom. The fourth-order valence-corrected chi connectivity index (χ4v) is 2.06. The molecule has 0 spiro atoms. The Labute approximate surface area is 140 Å². The van der Waals surface area contributed by atoms with Crippen LogP contribution in [0.5, 0.6) is 0 Å². The first-order chi connectivity index (χ1) is 11.3. The van der Waals surface area contributed by atoms with E-state index in [0.29, 0.717) is 6.42 Å². The highest BCUT2D eigenvalue weighted by Crippen LogP contribution is 2.23. The van der Waals surface area contributed by atoms with Gasteiger partial charge in [-0.1, -0.05) is 25.2 Å². The largest absolute Gasteiger partial charge is 0.433 e. The van der Waals surface area contributed by atoms with E-state index in [1.165, 1.54) is 0 Å². The van der Waals surface area contributed by atoms with Gasteiger partial charge in [0.1, 0.15) is 24.4 Å². The second kappa shape index (κ2) is 9.87. The van der Waals surface area contributed by atoms with Gasteiger partial charge in [0.15, 0.2) is 0 Å². The minimum atomic E-state index is -1.61. The fourth-order valence-electron chi connectivity index (χ4n) is 2.06. The topological polar surface area (TPSA) is 137 Å². The second-order valence-corrected chi connectivity index (χ2v) is 5.87. The summed E-state index contributed by atoms with van der Waals surface area (Å²) in [5.74, 6) is -1.18. The van der Waals surface area contributed by atoms with Gasteiger partial charge in [0.05, 0.1) is 19.1 Å². The van der Waals surface area contributed by atoms with E-state index in [1.54, 1.807) is 32.1 Å². The molecule has 0 bridgehead atoms. The van der Waals surface area contributed by atoms with Crippen molar-refractivity contribution in [3.63, 3.8) is 0 Å². The van der Waals surface area contributed by atoms with Crippen LogP contribution in [0.15, 0.2) is 23.8 Å². The molecule has 24 heavy (non-hydrogen) atoms. The lowest BCUT2D eigenvalue weighted by Gasteiger charge is -2.39. The van der Waals surface area contributed by atoms with Crippen molar-refractivity contribution in [3.05, 3.63) is 23.8 Å². The third-order valence-electron chi connectivity index (χ3n) is 3.74. The zero-order valence-corrected chi connectivity index (χ0v) is 13.8.